The highest BCUT2D eigenvalue weighted by Crippen LogP contribution is 2.35. The first-order valence-corrected chi connectivity index (χ1v) is 4.18. The molecule has 1 atom stereocenters. The van der Waals surface area contributed by atoms with Gasteiger partial charge < -0.3 is 4.74 Å². The van der Waals surface area contributed by atoms with E-state index in [4.69, 9.17) is 4.74 Å². The Morgan fingerprint density at radius 1 is 1.33 bits per heavy atom. The third-order valence-corrected chi connectivity index (χ3v) is 2.36. The molecule has 0 N–H and O–H groups in total. The van der Waals surface area contributed by atoms with Crippen molar-refractivity contribution in [3.8, 4) is 5.75 Å². The smallest absolute Gasteiger partial charge is 0.126 e. The van der Waals surface area contributed by atoms with Gasteiger partial charge in [0.25, 0.3) is 0 Å². The summed E-state index contributed by atoms with van der Waals surface area (Å²) in [7, 11) is 1.71. The second-order valence-electron chi connectivity index (χ2n) is 3.11. The fraction of sp³-hybridized carbons (Fsp3) is 0.273. The van der Waals surface area contributed by atoms with E-state index in [1.807, 2.05) is 12.1 Å². The molecule has 1 aliphatic rings. The average molecular weight is 160 g/mol. The van der Waals surface area contributed by atoms with E-state index in [1.165, 1.54) is 11.1 Å². The van der Waals surface area contributed by atoms with Gasteiger partial charge in [-0.1, -0.05) is 31.2 Å². The van der Waals surface area contributed by atoms with Gasteiger partial charge in [0.1, 0.15) is 5.75 Å². The minimum Gasteiger partial charge on any atom is -0.496 e. The maximum Gasteiger partial charge on any atom is 0.126 e. The van der Waals surface area contributed by atoms with Crippen LogP contribution < -0.4 is 4.74 Å². The number of hydrogen-bond donors (Lipinski definition) is 0. The number of hydrogen-bond acceptors (Lipinski definition) is 1. The van der Waals surface area contributed by atoms with Gasteiger partial charge in [-0.05, 0) is 11.6 Å². The Morgan fingerprint density at radius 2 is 2.17 bits per heavy atom. The van der Waals surface area contributed by atoms with Gasteiger partial charge in [-0.25, -0.2) is 0 Å². The number of allylic oxidation sites excluding steroid dienone is 1. The molecule has 0 aliphatic heterocycles. The van der Waals surface area contributed by atoms with E-state index < -0.39 is 0 Å². The van der Waals surface area contributed by atoms with Crippen LogP contribution in [0.2, 0.25) is 0 Å². The lowest BCUT2D eigenvalue weighted by Crippen LogP contribution is -1.90. The third kappa shape index (κ3) is 0.934. The molecule has 1 nitrogen and oxygen atoms in total. The summed E-state index contributed by atoms with van der Waals surface area (Å²) in [5.41, 5.74) is 2.61. The van der Waals surface area contributed by atoms with E-state index in [0.717, 1.165) is 5.75 Å². The number of ether oxygens (including phenoxy) is 1. The Labute approximate surface area is 72.7 Å². The molecule has 0 heterocycles. The van der Waals surface area contributed by atoms with Gasteiger partial charge in [-0.3, -0.25) is 0 Å². The van der Waals surface area contributed by atoms with Gasteiger partial charge >= 0.3 is 0 Å². The van der Waals surface area contributed by atoms with Crippen molar-refractivity contribution in [3.05, 3.63) is 35.4 Å². The van der Waals surface area contributed by atoms with Crippen molar-refractivity contribution in [3.63, 3.8) is 0 Å². The van der Waals surface area contributed by atoms with Crippen LogP contribution in [-0.2, 0) is 0 Å². The summed E-state index contributed by atoms with van der Waals surface area (Å²) in [6, 6.07) is 6.20. The van der Waals surface area contributed by atoms with Crippen LogP contribution in [0.25, 0.3) is 6.08 Å². The van der Waals surface area contributed by atoms with Crippen LogP contribution in [0.3, 0.4) is 0 Å². The van der Waals surface area contributed by atoms with E-state index in [-0.39, 0.29) is 0 Å². The van der Waals surface area contributed by atoms with Crippen molar-refractivity contribution in [2.24, 2.45) is 0 Å². The molecule has 0 radical (unpaired) electrons. The molecule has 1 heteroatoms. The first-order valence-electron chi connectivity index (χ1n) is 4.18. The molecule has 1 aliphatic carbocycles. The quantitative estimate of drug-likeness (QED) is 0.613. The molecule has 0 amide bonds. The predicted octanol–water partition coefficient (Wildman–Crippen LogP) is 2.83. The Morgan fingerprint density at radius 3 is 2.92 bits per heavy atom. The minimum atomic E-state index is 0.537. The van der Waals surface area contributed by atoms with Crippen molar-refractivity contribution in [2.45, 2.75) is 12.8 Å². The number of rotatable bonds is 1. The van der Waals surface area contributed by atoms with Crippen molar-refractivity contribution >= 4 is 6.08 Å². The van der Waals surface area contributed by atoms with Crippen LogP contribution in [0, 0.1) is 0 Å². The SMILES string of the molecule is COc1cccc2c1C=CC2C. The second kappa shape index (κ2) is 2.67. The summed E-state index contributed by atoms with van der Waals surface area (Å²) in [5, 5.41) is 0. The van der Waals surface area contributed by atoms with Gasteiger partial charge in [0, 0.05) is 11.5 Å². The molecule has 0 saturated carbocycles. The van der Waals surface area contributed by atoms with Gasteiger partial charge in [0.2, 0.25) is 0 Å². The van der Waals surface area contributed by atoms with Crippen molar-refractivity contribution in [2.75, 3.05) is 7.11 Å². The maximum absolute atomic E-state index is 5.25. The van der Waals surface area contributed by atoms with E-state index in [0.29, 0.717) is 5.92 Å². The van der Waals surface area contributed by atoms with E-state index >= 15 is 0 Å². The highest BCUT2D eigenvalue weighted by molar-refractivity contribution is 5.67. The summed E-state index contributed by atoms with van der Waals surface area (Å²) < 4.78 is 5.25. The Kier molecular flexibility index (Phi) is 1.65. The molecule has 12 heavy (non-hydrogen) atoms. The Balaban J connectivity index is 2.57. The van der Waals surface area contributed by atoms with Crippen LogP contribution in [0.4, 0.5) is 0 Å². The van der Waals surface area contributed by atoms with Crippen molar-refractivity contribution < 1.29 is 4.74 Å². The topological polar surface area (TPSA) is 9.23 Å². The fourth-order valence-electron chi connectivity index (χ4n) is 1.66. The molecule has 1 unspecified atom stereocenters. The fourth-order valence-corrected chi connectivity index (χ4v) is 1.66. The van der Waals surface area contributed by atoms with Crippen LogP contribution in [0.5, 0.6) is 5.75 Å². The lowest BCUT2D eigenvalue weighted by molar-refractivity contribution is 0.413. The normalized spacial score (nSPS) is 19.3. The van der Waals surface area contributed by atoms with E-state index in [9.17, 15) is 0 Å². The van der Waals surface area contributed by atoms with Gasteiger partial charge in [-0.15, -0.1) is 0 Å². The van der Waals surface area contributed by atoms with Gasteiger partial charge in [0.15, 0.2) is 0 Å². The summed E-state index contributed by atoms with van der Waals surface area (Å²) in [4.78, 5) is 0. The highest BCUT2D eigenvalue weighted by atomic mass is 16.5. The number of fused-ring (bicyclic) bond motifs is 1. The molecule has 62 valence electrons. The number of methoxy groups -OCH3 is 1. The molecule has 0 aromatic heterocycles. The van der Waals surface area contributed by atoms with E-state index in [2.05, 4.69) is 25.1 Å². The zero-order valence-corrected chi connectivity index (χ0v) is 7.37. The standard InChI is InChI=1S/C11H12O/c1-8-6-7-10-9(8)4-3-5-11(10)12-2/h3-8H,1-2H3. The lowest BCUT2D eigenvalue weighted by atomic mass is 10.0. The van der Waals surface area contributed by atoms with Gasteiger partial charge in [-0.2, -0.15) is 0 Å². The van der Waals surface area contributed by atoms with E-state index in [1.54, 1.807) is 7.11 Å². The molecule has 2 rings (SSSR count). The van der Waals surface area contributed by atoms with Crippen LogP contribution >= 0.6 is 0 Å². The monoisotopic (exact) mass is 160 g/mol. The molecule has 0 saturated heterocycles. The summed E-state index contributed by atoms with van der Waals surface area (Å²) >= 11 is 0. The zero-order valence-electron chi connectivity index (χ0n) is 7.37. The highest BCUT2D eigenvalue weighted by Gasteiger charge is 2.15. The second-order valence-corrected chi connectivity index (χ2v) is 3.11. The first-order chi connectivity index (χ1) is 5.83. The lowest BCUT2D eigenvalue weighted by Gasteiger charge is -2.07. The van der Waals surface area contributed by atoms with Gasteiger partial charge in [0.05, 0.1) is 7.11 Å². The van der Waals surface area contributed by atoms with Crippen LogP contribution in [-0.4, -0.2) is 7.11 Å². The third-order valence-electron chi connectivity index (χ3n) is 2.36. The summed E-state index contributed by atoms with van der Waals surface area (Å²) in [6.45, 7) is 2.20. The molecular weight excluding hydrogens is 148 g/mol. The Bertz CT molecular complexity index is 326. The largest absolute Gasteiger partial charge is 0.496 e. The molecular formula is C11H12O. The molecule has 0 spiro atoms. The molecule has 0 fully saturated rings. The van der Waals surface area contributed by atoms with Crippen molar-refractivity contribution in [1.82, 2.24) is 0 Å². The first kappa shape index (κ1) is 7.41. The Hall–Kier alpha value is -1.24. The average Bonchev–Trinajstić information content (AvgIpc) is 2.48. The molecule has 1 aromatic rings. The molecule has 1 aromatic carbocycles. The summed E-state index contributed by atoms with van der Waals surface area (Å²) in [5.74, 6) is 1.52. The van der Waals surface area contributed by atoms with Crippen LogP contribution in [0.1, 0.15) is 24.0 Å². The number of benzene rings is 1. The summed E-state index contributed by atoms with van der Waals surface area (Å²) in [6.07, 6.45) is 4.34. The molecule has 0 bridgehead atoms. The van der Waals surface area contributed by atoms with Crippen LogP contribution in [0.15, 0.2) is 24.3 Å². The predicted molar refractivity (Wildman–Crippen MR) is 50.4 cm³/mol. The van der Waals surface area contributed by atoms with Crippen molar-refractivity contribution in [1.29, 1.82) is 0 Å². The minimum absolute atomic E-state index is 0.537. The maximum atomic E-state index is 5.25. The zero-order chi connectivity index (χ0) is 8.55.